The highest BCUT2D eigenvalue weighted by Gasteiger charge is 2.19. The molecule has 0 atom stereocenters. The van der Waals surface area contributed by atoms with Gasteiger partial charge in [-0.15, -0.1) is 0 Å². The molecule has 1 fully saturated rings. The molecule has 17 heavy (non-hydrogen) atoms. The van der Waals surface area contributed by atoms with E-state index in [1.54, 1.807) is 11.1 Å². The number of hydrogen-bond acceptors (Lipinski definition) is 0. The van der Waals surface area contributed by atoms with Crippen LogP contribution in [0, 0.1) is 5.92 Å². The van der Waals surface area contributed by atoms with Crippen LogP contribution in [0.1, 0.15) is 63.0 Å². The molecule has 1 saturated carbocycles. The third kappa shape index (κ3) is 4.93. The molecule has 0 bridgehead atoms. The average Bonchev–Trinajstić information content (AvgIpc) is 3.14. The topological polar surface area (TPSA) is 0 Å². The van der Waals surface area contributed by atoms with Crippen molar-refractivity contribution < 1.29 is 0 Å². The Labute approximate surface area is 106 Å². The average molecular weight is 230 g/mol. The number of rotatable bonds is 8. The molecule has 0 nitrogen and oxygen atoms in total. The lowest BCUT2D eigenvalue weighted by molar-refractivity contribution is 0.665. The number of aryl methyl sites for hydroxylation is 2. The van der Waals surface area contributed by atoms with E-state index in [4.69, 9.17) is 0 Å². The van der Waals surface area contributed by atoms with Crippen LogP contribution in [0.3, 0.4) is 0 Å². The van der Waals surface area contributed by atoms with Crippen LogP contribution in [-0.2, 0) is 12.8 Å². The van der Waals surface area contributed by atoms with Gasteiger partial charge in [0.15, 0.2) is 0 Å². The molecule has 0 N–H and O–H groups in total. The van der Waals surface area contributed by atoms with E-state index in [1.165, 1.54) is 57.8 Å². The molecule has 1 aliphatic carbocycles. The Bertz CT molecular complexity index is 323. The predicted molar refractivity (Wildman–Crippen MR) is 75.3 cm³/mol. The van der Waals surface area contributed by atoms with Gasteiger partial charge in [-0.3, -0.25) is 0 Å². The summed E-state index contributed by atoms with van der Waals surface area (Å²) in [6, 6.07) is 9.27. The van der Waals surface area contributed by atoms with Gasteiger partial charge in [-0.05, 0) is 42.7 Å². The summed E-state index contributed by atoms with van der Waals surface area (Å²) < 4.78 is 0. The highest BCUT2D eigenvalue weighted by molar-refractivity contribution is 5.23. The van der Waals surface area contributed by atoms with Crippen molar-refractivity contribution in [3.8, 4) is 0 Å². The fourth-order valence-corrected chi connectivity index (χ4v) is 2.52. The Morgan fingerprint density at radius 1 is 1.00 bits per heavy atom. The molecule has 1 aromatic carbocycles. The largest absolute Gasteiger partial charge is 0.0654 e. The van der Waals surface area contributed by atoms with Crippen molar-refractivity contribution in [3.05, 3.63) is 35.4 Å². The molecule has 1 aliphatic rings. The van der Waals surface area contributed by atoms with Crippen molar-refractivity contribution in [1.29, 1.82) is 0 Å². The van der Waals surface area contributed by atoms with Gasteiger partial charge in [0, 0.05) is 0 Å². The van der Waals surface area contributed by atoms with Crippen LogP contribution in [-0.4, -0.2) is 0 Å². The van der Waals surface area contributed by atoms with Crippen LogP contribution in [0.5, 0.6) is 0 Å². The van der Waals surface area contributed by atoms with Crippen LogP contribution < -0.4 is 0 Å². The van der Waals surface area contributed by atoms with Crippen LogP contribution in [0.25, 0.3) is 0 Å². The molecule has 0 aromatic heterocycles. The summed E-state index contributed by atoms with van der Waals surface area (Å²) in [5, 5.41) is 0. The summed E-state index contributed by atoms with van der Waals surface area (Å²) in [5.41, 5.74) is 3.10. The molecule has 0 aliphatic heterocycles. The summed E-state index contributed by atoms with van der Waals surface area (Å²) in [6.45, 7) is 2.27. The van der Waals surface area contributed by atoms with Crippen molar-refractivity contribution in [2.45, 2.75) is 64.7 Å². The van der Waals surface area contributed by atoms with E-state index >= 15 is 0 Å². The van der Waals surface area contributed by atoms with Crippen LogP contribution in [0.15, 0.2) is 24.3 Å². The first-order valence-corrected chi connectivity index (χ1v) is 7.46. The molecule has 0 radical (unpaired) electrons. The molecule has 0 spiro atoms. The molecule has 1 aromatic rings. The lowest BCUT2D eigenvalue weighted by atomic mass is 10.0. The van der Waals surface area contributed by atoms with Gasteiger partial charge >= 0.3 is 0 Å². The molecule has 0 saturated heterocycles. The van der Waals surface area contributed by atoms with E-state index in [-0.39, 0.29) is 0 Å². The maximum absolute atomic E-state index is 2.43. The minimum Gasteiger partial charge on any atom is -0.0654 e. The Balaban J connectivity index is 1.73. The number of hydrogen-bond donors (Lipinski definition) is 0. The zero-order valence-corrected chi connectivity index (χ0v) is 11.3. The van der Waals surface area contributed by atoms with Crippen LogP contribution >= 0.6 is 0 Å². The van der Waals surface area contributed by atoms with Gasteiger partial charge in [0.25, 0.3) is 0 Å². The fraction of sp³-hybridized carbons (Fsp3) is 0.647. The summed E-state index contributed by atoms with van der Waals surface area (Å²) in [5.74, 6) is 1.09. The summed E-state index contributed by atoms with van der Waals surface area (Å²) in [4.78, 5) is 0. The van der Waals surface area contributed by atoms with E-state index in [9.17, 15) is 0 Å². The maximum atomic E-state index is 2.43. The van der Waals surface area contributed by atoms with Crippen molar-refractivity contribution in [3.63, 3.8) is 0 Å². The minimum absolute atomic E-state index is 1.09. The molecular weight excluding hydrogens is 204 g/mol. The smallest absolute Gasteiger partial charge is 0.0279 e. The zero-order chi connectivity index (χ0) is 11.9. The van der Waals surface area contributed by atoms with Gasteiger partial charge in [0.2, 0.25) is 0 Å². The van der Waals surface area contributed by atoms with Crippen LogP contribution in [0.2, 0.25) is 0 Å². The first kappa shape index (κ1) is 12.7. The predicted octanol–water partition coefficient (Wildman–Crippen LogP) is 5.15. The minimum atomic E-state index is 1.09. The van der Waals surface area contributed by atoms with Gasteiger partial charge in [0.05, 0.1) is 0 Å². The quantitative estimate of drug-likeness (QED) is 0.542. The number of benzene rings is 1. The first-order chi connectivity index (χ1) is 8.38. The second-order valence-electron chi connectivity index (χ2n) is 5.61. The molecule has 0 heterocycles. The molecule has 0 amide bonds. The SMILES string of the molecule is CCCCCc1cccc(CCCC2CC2)c1. The molecule has 0 unspecified atom stereocenters. The summed E-state index contributed by atoms with van der Waals surface area (Å²) >= 11 is 0. The Hall–Kier alpha value is -0.780. The van der Waals surface area contributed by atoms with E-state index in [1.807, 2.05) is 0 Å². The zero-order valence-electron chi connectivity index (χ0n) is 11.3. The van der Waals surface area contributed by atoms with Gasteiger partial charge in [0.1, 0.15) is 0 Å². The summed E-state index contributed by atoms with van der Waals surface area (Å²) in [7, 11) is 0. The van der Waals surface area contributed by atoms with Crippen molar-refractivity contribution in [2.24, 2.45) is 5.92 Å². The fourth-order valence-electron chi connectivity index (χ4n) is 2.52. The van der Waals surface area contributed by atoms with Crippen molar-refractivity contribution >= 4 is 0 Å². The molecule has 0 heteroatoms. The van der Waals surface area contributed by atoms with Crippen molar-refractivity contribution in [2.75, 3.05) is 0 Å². The number of unbranched alkanes of at least 4 members (excludes halogenated alkanes) is 2. The van der Waals surface area contributed by atoms with E-state index in [0.29, 0.717) is 0 Å². The summed E-state index contributed by atoms with van der Waals surface area (Å²) in [6.07, 6.45) is 12.4. The third-order valence-corrected chi connectivity index (χ3v) is 3.84. The Kier molecular flexibility index (Phi) is 5.09. The van der Waals surface area contributed by atoms with Gasteiger partial charge in [-0.1, -0.05) is 63.3 Å². The van der Waals surface area contributed by atoms with Crippen molar-refractivity contribution in [1.82, 2.24) is 0 Å². The van der Waals surface area contributed by atoms with Gasteiger partial charge in [-0.25, -0.2) is 0 Å². The van der Waals surface area contributed by atoms with E-state index < -0.39 is 0 Å². The second-order valence-corrected chi connectivity index (χ2v) is 5.61. The Morgan fingerprint density at radius 3 is 2.35 bits per heavy atom. The van der Waals surface area contributed by atoms with Crippen LogP contribution in [0.4, 0.5) is 0 Å². The highest BCUT2D eigenvalue weighted by Crippen LogP contribution is 2.33. The lowest BCUT2D eigenvalue weighted by Gasteiger charge is -2.05. The van der Waals surface area contributed by atoms with E-state index in [2.05, 4.69) is 31.2 Å². The molecular formula is C17H26. The Morgan fingerprint density at radius 2 is 1.71 bits per heavy atom. The standard InChI is InChI=1S/C17H26/c1-2-3-4-7-16-10-6-11-17(14-16)9-5-8-15-12-13-15/h6,10-11,14-15H,2-5,7-9,12-13H2,1H3. The molecule has 94 valence electrons. The second kappa shape index (κ2) is 6.83. The highest BCUT2D eigenvalue weighted by atomic mass is 14.3. The maximum Gasteiger partial charge on any atom is -0.0279 e. The monoisotopic (exact) mass is 230 g/mol. The first-order valence-electron chi connectivity index (χ1n) is 7.46. The molecule has 2 rings (SSSR count). The third-order valence-electron chi connectivity index (χ3n) is 3.84. The van der Waals surface area contributed by atoms with Gasteiger partial charge in [-0.2, -0.15) is 0 Å². The lowest BCUT2D eigenvalue weighted by Crippen LogP contribution is -1.90. The van der Waals surface area contributed by atoms with Gasteiger partial charge < -0.3 is 0 Å². The van der Waals surface area contributed by atoms with E-state index in [0.717, 1.165) is 5.92 Å². The normalized spacial score (nSPS) is 15.1.